The fourth-order valence-corrected chi connectivity index (χ4v) is 5.97. The predicted molar refractivity (Wildman–Crippen MR) is 130 cm³/mol. The normalized spacial score (nSPS) is 12.7. The molecule has 0 radical (unpaired) electrons. The maximum Gasteiger partial charge on any atom is 0.0626 e. The first-order chi connectivity index (χ1) is 14.3. The second-order valence-corrected chi connectivity index (χ2v) is 8.39. The van der Waals surface area contributed by atoms with Crippen molar-refractivity contribution >= 4 is 69.8 Å². The van der Waals surface area contributed by atoms with E-state index in [0.29, 0.717) is 0 Å². The summed E-state index contributed by atoms with van der Waals surface area (Å²) in [5, 5.41) is 7.95. The van der Waals surface area contributed by atoms with Gasteiger partial charge in [-0.1, -0.05) is 73.3 Å². The molecule has 29 heavy (non-hydrogen) atoms. The van der Waals surface area contributed by atoms with Crippen LogP contribution in [0.1, 0.15) is 6.92 Å². The molecule has 4 aromatic carbocycles. The van der Waals surface area contributed by atoms with E-state index in [9.17, 15) is 0 Å². The Hall–Kier alpha value is -3.36. The van der Waals surface area contributed by atoms with Crippen molar-refractivity contribution < 1.29 is 0 Å². The molecule has 0 N–H and O–H groups in total. The lowest BCUT2D eigenvalue weighted by atomic mass is 10.00. The van der Waals surface area contributed by atoms with E-state index in [-0.39, 0.29) is 0 Å². The highest BCUT2D eigenvalue weighted by atomic mass is 32.1. The number of rotatable bonds is 2. The second-order valence-electron chi connectivity index (χ2n) is 7.34. The van der Waals surface area contributed by atoms with Gasteiger partial charge in [0.15, 0.2) is 0 Å². The molecule has 1 nitrogen and oxygen atoms in total. The summed E-state index contributed by atoms with van der Waals surface area (Å²) in [6.45, 7) is 6.18. The monoisotopic (exact) mass is 389 g/mol. The van der Waals surface area contributed by atoms with Crippen LogP contribution in [0.3, 0.4) is 0 Å². The van der Waals surface area contributed by atoms with Crippen LogP contribution in [-0.2, 0) is 0 Å². The number of hydrogen-bond acceptors (Lipinski definition) is 1. The summed E-state index contributed by atoms with van der Waals surface area (Å²) in [7, 11) is 0. The first-order valence-corrected chi connectivity index (χ1v) is 10.7. The van der Waals surface area contributed by atoms with Gasteiger partial charge < -0.3 is 4.57 Å². The van der Waals surface area contributed by atoms with Crippen molar-refractivity contribution in [3.63, 3.8) is 0 Å². The molecule has 2 heterocycles. The number of thiophene rings is 1. The van der Waals surface area contributed by atoms with E-state index < -0.39 is 0 Å². The quantitative estimate of drug-likeness (QED) is 0.262. The van der Waals surface area contributed by atoms with Gasteiger partial charge in [-0.15, -0.1) is 11.3 Å². The second kappa shape index (κ2) is 6.07. The van der Waals surface area contributed by atoms with Crippen LogP contribution in [0.25, 0.3) is 58.4 Å². The number of allylic oxidation sites excluding steroid dienone is 3. The zero-order valence-corrected chi connectivity index (χ0v) is 17.0. The highest BCUT2D eigenvalue weighted by molar-refractivity contribution is 7.27. The summed E-state index contributed by atoms with van der Waals surface area (Å²) < 4.78 is 5.09. The van der Waals surface area contributed by atoms with Gasteiger partial charge in [0.25, 0.3) is 0 Å². The molecule has 0 unspecified atom stereocenters. The number of hydrogen-bond donors (Lipinski definition) is 0. The minimum absolute atomic E-state index is 1.11. The summed E-state index contributed by atoms with van der Waals surface area (Å²) in [5.74, 6) is 0. The molecule has 6 rings (SSSR count). The molecular formula is C27H19NS. The maximum atomic E-state index is 4.10. The molecule has 0 aliphatic rings. The van der Waals surface area contributed by atoms with Crippen LogP contribution in [-0.4, -0.2) is 4.57 Å². The van der Waals surface area contributed by atoms with Crippen molar-refractivity contribution in [2.45, 2.75) is 6.92 Å². The maximum absolute atomic E-state index is 4.10. The van der Waals surface area contributed by atoms with Gasteiger partial charge in [-0.25, -0.2) is 0 Å². The Morgan fingerprint density at radius 2 is 1.45 bits per heavy atom. The van der Waals surface area contributed by atoms with Crippen molar-refractivity contribution in [1.29, 1.82) is 0 Å². The van der Waals surface area contributed by atoms with E-state index in [0.717, 1.165) is 5.70 Å². The Bertz CT molecular complexity index is 1620. The zero-order valence-electron chi connectivity index (χ0n) is 16.1. The van der Waals surface area contributed by atoms with Gasteiger partial charge in [-0.2, -0.15) is 0 Å². The topological polar surface area (TPSA) is 4.93 Å². The summed E-state index contributed by atoms with van der Waals surface area (Å²) >= 11 is 1.90. The number of para-hydroxylation sites is 1. The molecule has 0 aliphatic heterocycles. The first-order valence-electron chi connectivity index (χ1n) is 9.87. The number of aromatic nitrogens is 1. The SMILES string of the molecule is C=C/C(=C\C)n1c2ccccc2c2c3c4ccccc4sc3c3ccccc3c21. The summed E-state index contributed by atoms with van der Waals surface area (Å²) in [4.78, 5) is 0. The Labute approximate surface area is 172 Å². The average Bonchev–Trinajstić information content (AvgIpc) is 3.32. The molecule has 0 fully saturated rings. The number of fused-ring (bicyclic) bond motifs is 10. The Morgan fingerprint density at radius 3 is 2.21 bits per heavy atom. The van der Waals surface area contributed by atoms with Crippen molar-refractivity contribution in [3.8, 4) is 0 Å². The first kappa shape index (κ1) is 16.6. The smallest absolute Gasteiger partial charge is 0.0626 e. The Balaban J connectivity index is 2.08. The third kappa shape index (κ3) is 2.10. The van der Waals surface area contributed by atoms with E-state index in [1.54, 1.807) is 0 Å². The molecule has 6 aromatic rings. The van der Waals surface area contributed by atoms with Crippen molar-refractivity contribution in [2.24, 2.45) is 0 Å². The third-order valence-electron chi connectivity index (χ3n) is 5.91. The van der Waals surface area contributed by atoms with Crippen LogP contribution in [0, 0.1) is 0 Å². The Kier molecular flexibility index (Phi) is 3.47. The summed E-state index contributed by atoms with van der Waals surface area (Å²) in [5.41, 5.74) is 3.61. The van der Waals surface area contributed by atoms with Crippen LogP contribution >= 0.6 is 11.3 Å². The minimum atomic E-state index is 1.11. The lowest BCUT2D eigenvalue weighted by Gasteiger charge is -2.11. The molecule has 138 valence electrons. The lowest BCUT2D eigenvalue weighted by molar-refractivity contribution is 1.24. The largest absolute Gasteiger partial charge is 0.309 e. The molecule has 2 heteroatoms. The fraction of sp³-hybridized carbons (Fsp3) is 0.0370. The van der Waals surface area contributed by atoms with Crippen LogP contribution in [0.15, 0.2) is 91.5 Å². The van der Waals surface area contributed by atoms with E-state index in [1.165, 1.54) is 52.8 Å². The van der Waals surface area contributed by atoms with Gasteiger partial charge in [0.05, 0.1) is 11.0 Å². The minimum Gasteiger partial charge on any atom is -0.309 e. The van der Waals surface area contributed by atoms with E-state index in [2.05, 4.69) is 96.9 Å². The van der Waals surface area contributed by atoms with E-state index in [1.807, 2.05) is 17.4 Å². The molecule has 0 amide bonds. The van der Waals surface area contributed by atoms with E-state index in [4.69, 9.17) is 0 Å². The van der Waals surface area contributed by atoms with Gasteiger partial charge in [0, 0.05) is 47.4 Å². The molecular weight excluding hydrogens is 370 g/mol. The molecule has 2 aromatic heterocycles. The number of nitrogens with zero attached hydrogens (tertiary/aromatic N) is 1. The van der Waals surface area contributed by atoms with Crippen LogP contribution in [0.4, 0.5) is 0 Å². The van der Waals surface area contributed by atoms with Gasteiger partial charge in [0.2, 0.25) is 0 Å². The highest BCUT2D eigenvalue weighted by Gasteiger charge is 2.21. The molecule has 0 aliphatic carbocycles. The molecule has 0 saturated heterocycles. The van der Waals surface area contributed by atoms with Gasteiger partial charge in [0.1, 0.15) is 0 Å². The summed E-state index contributed by atoms with van der Waals surface area (Å²) in [6, 6.07) is 26.3. The molecule has 0 saturated carbocycles. The fourth-order valence-electron chi connectivity index (χ4n) is 4.73. The van der Waals surface area contributed by atoms with Gasteiger partial charge in [-0.3, -0.25) is 0 Å². The average molecular weight is 390 g/mol. The number of benzene rings is 4. The van der Waals surface area contributed by atoms with Gasteiger partial charge in [-0.05, 0) is 25.1 Å². The highest BCUT2D eigenvalue weighted by Crippen LogP contribution is 2.47. The van der Waals surface area contributed by atoms with Crippen molar-refractivity contribution in [1.82, 2.24) is 4.57 Å². The molecule has 0 atom stereocenters. The van der Waals surface area contributed by atoms with Crippen LogP contribution < -0.4 is 0 Å². The standard InChI is InChI=1S/C27H19NS/c1-3-17(4-2)28-22-15-9-7-13-20(22)24-25-21-14-8-10-16-23(21)29-27(25)19-12-6-5-11-18(19)26(24)28/h3-16H,1H2,2H3/b17-4+. The summed E-state index contributed by atoms with van der Waals surface area (Å²) in [6.07, 6.45) is 4.10. The Morgan fingerprint density at radius 1 is 0.793 bits per heavy atom. The third-order valence-corrected chi connectivity index (χ3v) is 7.11. The zero-order chi connectivity index (χ0) is 19.5. The molecule has 0 bridgehead atoms. The molecule has 0 spiro atoms. The van der Waals surface area contributed by atoms with Gasteiger partial charge >= 0.3 is 0 Å². The van der Waals surface area contributed by atoms with Crippen LogP contribution in [0.2, 0.25) is 0 Å². The van der Waals surface area contributed by atoms with Crippen LogP contribution in [0.5, 0.6) is 0 Å². The van der Waals surface area contributed by atoms with Crippen molar-refractivity contribution in [2.75, 3.05) is 0 Å². The van der Waals surface area contributed by atoms with Crippen molar-refractivity contribution in [3.05, 3.63) is 91.5 Å². The predicted octanol–water partition coefficient (Wildman–Crippen LogP) is 8.36. The lowest BCUT2D eigenvalue weighted by Crippen LogP contribution is -1.94. The van der Waals surface area contributed by atoms with E-state index >= 15 is 0 Å².